The van der Waals surface area contributed by atoms with Crippen LogP contribution in [-0.4, -0.2) is 32.9 Å². The van der Waals surface area contributed by atoms with E-state index in [2.05, 4.69) is 15.0 Å². The Hall–Kier alpha value is -2.48. The second-order valence-corrected chi connectivity index (χ2v) is 9.37. The first kappa shape index (κ1) is 20.3. The van der Waals surface area contributed by atoms with Gasteiger partial charge in [-0.1, -0.05) is 18.9 Å². The van der Waals surface area contributed by atoms with E-state index in [9.17, 15) is 17.6 Å². The lowest BCUT2D eigenvalue weighted by Crippen LogP contribution is -2.37. The van der Waals surface area contributed by atoms with Crippen LogP contribution in [0.25, 0.3) is 0 Å². The first-order chi connectivity index (χ1) is 13.3. The molecule has 1 N–H and O–H groups in total. The van der Waals surface area contributed by atoms with Gasteiger partial charge in [0, 0.05) is 18.6 Å². The van der Waals surface area contributed by atoms with Crippen molar-refractivity contribution in [3.05, 3.63) is 59.7 Å². The highest BCUT2D eigenvalue weighted by Crippen LogP contribution is 2.46. The van der Waals surface area contributed by atoms with Gasteiger partial charge in [0.2, 0.25) is 0 Å². The number of nitrogens with zero attached hydrogens (tertiary/aromatic N) is 1. The van der Waals surface area contributed by atoms with Gasteiger partial charge >= 0.3 is 6.09 Å². The number of amides is 1. The van der Waals surface area contributed by atoms with E-state index in [1.54, 1.807) is 24.5 Å². The molecule has 0 bridgehead atoms. The molecule has 0 spiro atoms. The van der Waals surface area contributed by atoms with E-state index in [4.69, 9.17) is 0 Å². The maximum Gasteiger partial charge on any atom is 0.411 e. The molecule has 1 amide bonds. The molecular weight excluding hydrogens is 383 g/mol. The third kappa shape index (κ3) is 4.01. The van der Waals surface area contributed by atoms with Crippen LogP contribution in [0.1, 0.15) is 36.8 Å². The third-order valence-corrected chi connectivity index (χ3v) is 7.18. The SMILES string of the molecule is COC(=O)Nc1cc(C(CCC2CC2)(c2ccncc2)S(C)(=O)=O)ccc1F. The Morgan fingerprint density at radius 3 is 2.50 bits per heavy atom. The van der Waals surface area contributed by atoms with Crippen molar-refractivity contribution in [3.8, 4) is 0 Å². The third-order valence-electron chi connectivity index (χ3n) is 5.24. The minimum Gasteiger partial charge on any atom is -0.453 e. The molecule has 3 rings (SSSR count). The van der Waals surface area contributed by atoms with Crippen molar-refractivity contribution in [1.29, 1.82) is 0 Å². The summed E-state index contributed by atoms with van der Waals surface area (Å²) in [5, 5.41) is 2.31. The molecule has 8 heteroatoms. The molecule has 0 aliphatic heterocycles. The van der Waals surface area contributed by atoms with Crippen LogP contribution in [0.4, 0.5) is 14.9 Å². The molecule has 6 nitrogen and oxygen atoms in total. The summed E-state index contributed by atoms with van der Waals surface area (Å²) < 4.78 is 43.7. The van der Waals surface area contributed by atoms with Crippen molar-refractivity contribution < 1.29 is 22.3 Å². The van der Waals surface area contributed by atoms with E-state index in [0.717, 1.165) is 19.3 Å². The van der Waals surface area contributed by atoms with Gasteiger partial charge in [0.05, 0.1) is 12.8 Å². The van der Waals surface area contributed by atoms with Crippen molar-refractivity contribution in [2.75, 3.05) is 18.7 Å². The van der Waals surface area contributed by atoms with Gasteiger partial charge in [-0.3, -0.25) is 10.3 Å². The highest BCUT2D eigenvalue weighted by atomic mass is 32.2. The van der Waals surface area contributed by atoms with Gasteiger partial charge in [0.1, 0.15) is 10.6 Å². The molecule has 1 aromatic heterocycles. The lowest BCUT2D eigenvalue weighted by Gasteiger charge is -2.33. The van der Waals surface area contributed by atoms with Gasteiger partial charge < -0.3 is 4.74 Å². The summed E-state index contributed by atoms with van der Waals surface area (Å²) in [7, 11) is -2.49. The first-order valence-corrected chi connectivity index (χ1v) is 10.9. The fourth-order valence-corrected chi connectivity index (χ4v) is 5.15. The molecule has 1 aliphatic rings. The van der Waals surface area contributed by atoms with Crippen LogP contribution >= 0.6 is 0 Å². The first-order valence-electron chi connectivity index (χ1n) is 9.03. The Kier molecular flexibility index (Phi) is 5.69. The van der Waals surface area contributed by atoms with Crippen molar-refractivity contribution in [3.63, 3.8) is 0 Å². The number of anilines is 1. The van der Waals surface area contributed by atoms with Gasteiger partial charge in [-0.2, -0.15) is 0 Å². The minimum atomic E-state index is -3.66. The monoisotopic (exact) mass is 406 g/mol. The predicted molar refractivity (Wildman–Crippen MR) is 104 cm³/mol. The molecule has 1 heterocycles. The largest absolute Gasteiger partial charge is 0.453 e. The van der Waals surface area contributed by atoms with Crippen molar-refractivity contribution in [2.24, 2.45) is 5.92 Å². The predicted octanol–water partition coefficient (Wildman–Crippen LogP) is 3.88. The summed E-state index contributed by atoms with van der Waals surface area (Å²) in [6.07, 6.45) is 6.74. The van der Waals surface area contributed by atoms with E-state index in [1.807, 2.05) is 0 Å². The van der Waals surface area contributed by atoms with E-state index < -0.39 is 26.5 Å². The molecule has 1 aliphatic carbocycles. The van der Waals surface area contributed by atoms with Crippen LogP contribution in [-0.2, 0) is 19.3 Å². The highest BCUT2D eigenvalue weighted by molar-refractivity contribution is 7.91. The molecule has 0 radical (unpaired) electrons. The summed E-state index contributed by atoms with van der Waals surface area (Å²) in [5.41, 5.74) is 0.841. The number of hydrogen-bond donors (Lipinski definition) is 1. The van der Waals surface area contributed by atoms with Gasteiger partial charge in [0.15, 0.2) is 9.84 Å². The Morgan fingerprint density at radius 1 is 1.25 bits per heavy atom. The molecule has 0 saturated heterocycles. The smallest absolute Gasteiger partial charge is 0.411 e. The zero-order valence-corrected chi connectivity index (χ0v) is 16.6. The maximum absolute atomic E-state index is 14.2. The Labute approximate surface area is 164 Å². The van der Waals surface area contributed by atoms with E-state index >= 15 is 0 Å². The number of ether oxygens (including phenoxy) is 1. The average Bonchev–Trinajstić information content (AvgIpc) is 3.48. The van der Waals surface area contributed by atoms with E-state index in [1.165, 1.54) is 31.6 Å². The van der Waals surface area contributed by atoms with Crippen LogP contribution < -0.4 is 5.32 Å². The Balaban J connectivity index is 2.18. The number of sulfone groups is 1. The lowest BCUT2D eigenvalue weighted by atomic mass is 9.85. The number of carbonyl (C=O) groups is 1. The van der Waals surface area contributed by atoms with Crippen LogP contribution in [0.2, 0.25) is 0 Å². The average molecular weight is 406 g/mol. The van der Waals surface area contributed by atoms with Gasteiger partial charge in [0.25, 0.3) is 0 Å². The van der Waals surface area contributed by atoms with Crippen LogP contribution in [0, 0.1) is 11.7 Å². The zero-order valence-electron chi connectivity index (χ0n) is 15.8. The van der Waals surface area contributed by atoms with Crippen molar-refractivity contribution in [1.82, 2.24) is 4.98 Å². The number of methoxy groups -OCH3 is 1. The molecular formula is C20H23FN2O4S. The Morgan fingerprint density at radius 2 is 1.93 bits per heavy atom. The van der Waals surface area contributed by atoms with Crippen molar-refractivity contribution in [2.45, 2.75) is 30.4 Å². The quantitative estimate of drug-likeness (QED) is 0.754. The summed E-state index contributed by atoms with van der Waals surface area (Å²) in [4.78, 5) is 15.6. The molecule has 1 fully saturated rings. The fourth-order valence-electron chi connectivity index (χ4n) is 3.54. The van der Waals surface area contributed by atoms with Gasteiger partial charge in [-0.25, -0.2) is 17.6 Å². The molecule has 1 atom stereocenters. The normalized spacial score (nSPS) is 16.2. The van der Waals surface area contributed by atoms with E-state index in [0.29, 0.717) is 23.5 Å². The number of aromatic nitrogens is 1. The number of nitrogens with one attached hydrogen (secondary N) is 1. The number of benzene rings is 1. The topological polar surface area (TPSA) is 85.4 Å². The molecule has 1 unspecified atom stereocenters. The van der Waals surface area contributed by atoms with Gasteiger partial charge in [-0.05, 0) is 54.2 Å². The summed E-state index contributed by atoms with van der Waals surface area (Å²) in [6.45, 7) is 0. The standard InChI is InChI=1S/C20H23FN2O4S/c1-27-19(24)23-18-13-16(5-6-17(18)21)20(28(2,25)26,10-7-14-3-4-14)15-8-11-22-12-9-15/h5-6,8-9,11-14H,3-4,7,10H2,1-2H3,(H,23,24). The van der Waals surface area contributed by atoms with Crippen molar-refractivity contribution >= 4 is 21.6 Å². The minimum absolute atomic E-state index is 0.127. The Bertz CT molecular complexity index is 961. The second-order valence-electron chi connectivity index (χ2n) is 7.13. The van der Waals surface area contributed by atoms with Gasteiger partial charge in [-0.15, -0.1) is 0 Å². The summed E-state index contributed by atoms with van der Waals surface area (Å²) >= 11 is 0. The molecule has 28 heavy (non-hydrogen) atoms. The van der Waals surface area contributed by atoms with Crippen LogP contribution in [0.15, 0.2) is 42.7 Å². The van der Waals surface area contributed by atoms with Crippen LogP contribution in [0.3, 0.4) is 0 Å². The fraction of sp³-hybridized carbons (Fsp3) is 0.400. The van der Waals surface area contributed by atoms with Crippen LogP contribution in [0.5, 0.6) is 0 Å². The summed E-state index contributed by atoms with van der Waals surface area (Å²) in [6, 6.07) is 7.35. The number of hydrogen-bond acceptors (Lipinski definition) is 5. The summed E-state index contributed by atoms with van der Waals surface area (Å²) in [5.74, 6) is -0.162. The second kappa shape index (κ2) is 7.87. The number of carbonyl (C=O) groups excluding carboxylic acids is 1. The molecule has 1 saturated carbocycles. The number of rotatable bonds is 7. The molecule has 2 aromatic rings. The zero-order chi connectivity index (χ0) is 20.4. The van der Waals surface area contributed by atoms with E-state index in [-0.39, 0.29) is 5.69 Å². The highest BCUT2D eigenvalue weighted by Gasteiger charge is 2.45. The molecule has 1 aromatic carbocycles. The number of pyridine rings is 1. The number of halogens is 1. The molecule has 150 valence electrons. The maximum atomic E-state index is 14.2. The lowest BCUT2D eigenvalue weighted by molar-refractivity contribution is 0.187.